The molecule has 124 valence electrons. The maximum Gasteiger partial charge on any atom is 0.313 e. The second-order valence-electron chi connectivity index (χ2n) is 5.59. The lowest BCUT2D eigenvalue weighted by Crippen LogP contribution is -2.41. The Balaban J connectivity index is 1.88. The lowest BCUT2D eigenvalue weighted by molar-refractivity contribution is -0.136. The molecule has 0 aliphatic rings. The molecular formula is C17H23N3O3. The molecule has 2 amide bonds. The Morgan fingerprint density at radius 2 is 1.91 bits per heavy atom. The zero-order chi connectivity index (χ0) is 16.8. The van der Waals surface area contributed by atoms with E-state index in [0.29, 0.717) is 5.69 Å². The predicted molar refractivity (Wildman–Crippen MR) is 90.0 cm³/mol. The van der Waals surface area contributed by atoms with E-state index in [0.717, 1.165) is 23.7 Å². The first kappa shape index (κ1) is 17.0. The third kappa shape index (κ3) is 4.32. The monoisotopic (exact) mass is 317 g/mol. The van der Waals surface area contributed by atoms with Crippen LogP contribution in [-0.4, -0.2) is 34.6 Å². The van der Waals surface area contributed by atoms with Crippen molar-refractivity contribution in [1.29, 1.82) is 0 Å². The van der Waals surface area contributed by atoms with Gasteiger partial charge in [0.25, 0.3) is 0 Å². The molecule has 2 aromatic rings. The molecule has 0 aliphatic carbocycles. The Hall–Kier alpha value is -2.34. The number of rotatable bonds is 6. The van der Waals surface area contributed by atoms with Crippen molar-refractivity contribution in [2.75, 3.05) is 11.9 Å². The number of nitrogens with one attached hydrogen (secondary N) is 3. The number of fused-ring (bicyclic) bond motifs is 1. The molecule has 0 fully saturated rings. The van der Waals surface area contributed by atoms with Gasteiger partial charge in [-0.1, -0.05) is 26.7 Å². The van der Waals surface area contributed by atoms with Crippen LogP contribution in [0.3, 0.4) is 0 Å². The fourth-order valence-corrected chi connectivity index (χ4v) is 2.60. The van der Waals surface area contributed by atoms with Crippen LogP contribution in [0.2, 0.25) is 0 Å². The quantitative estimate of drug-likeness (QED) is 0.614. The lowest BCUT2D eigenvalue weighted by atomic mass is 9.96. The maximum atomic E-state index is 11.9. The molecule has 1 aromatic heterocycles. The molecule has 2 rings (SSSR count). The Kier molecular flexibility index (Phi) is 5.76. The topological polar surface area (TPSA) is 94.2 Å². The molecule has 0 aliphatic heterocycles. The predicted octanol–water partition coefficient (Wildman–Crippen LogP) is 2.02. The molecule has 0 bridgehead atoms. The summed E-state index contributed by atoms with van der Waals surface area (Å²) in [5.74, 6) is -1.37. The first-order chi connectivity index (χ1) is 11.0. The summed E-state index contributed by atoms with van der Waals surface area (Å²) in [5, 5.41) is 16.0. The minimum atomic E-state index is -0.746. The van der Waals surface area contributed by atoms with Gasteiger partial charge in [0.1, 0.15) is 0 Å². The van der Waals surface area contributed by atoms with Crippen LogP contribution in [0.1, 0.15) is 26.7 Å². The third-order valence-electron chi connectivity index (χ3n) is 4.08. The highest BCUT2D eigenvalue weighted by molar-refractivity contribution is 6.39. The first-order valence-electron chi connectivity index (χ1n) is 7.89. The van der Waals surface area contributed by atoms with E-state index in [9.17, 15) is 14.7 Å². The summed E-state index contributed by atoms with van der Waals surface area (Å²) in [5.41, 5.74) is 1.51. The number of aromatic amines is 1. The standard InChI is InChI=1S/C17H23N3O3/c1-3-11(4-2)15(21)10-19-16(22)17(23)20-13-5-6-14-12(9-13)7-8-18-14/h5-9,11,15,18,21H,3-4,10H2,1-2H3,(H,19,22)(H,20,23). The van der Waals surface area contributed by atoms with E-state index in [-0.39, 0.29) is 12.5 Å². The normalized spacial score (nSPS) is 12.3. The van der Waals surface area contributed by atoms with Gasteiger partial charge in [0, 0.05) is 29.3 Å². The molecular weight excluding hydrogens is 294 g/mol. The molecule has 6 heteroatoms. The van der Waals surface area contributed by atoms with Crippen molar-refractivity contribution in [3.8, 4) is 0 Å². The molecule has 0 spiro atoms. The van der Waals surface area contributed by atoms with Crippen LogP contribution in [0.5, 0.6) is 0 Å². The Morgan fingerprint density at radius 1 is 1.17 bits per heavy atom. The van der Waals surface area contributed by atoms with Crippen molar-refractivity contribution < 1.29 is 14.7 Å². The summed E-state index contributed by atoms with van der Waals surface area (Å²) < 4.78 is 0. The zero-order valence-corrected chi connectivity index (χ0v) is 13.4. The van der Waals surface area contributed by atoms with Crippen molar-refractivity contribution >= 4 is 28.4 Å². The number of carbonyl (C=O) groups is 2. The average Bonchev–Trinajstić information content (AvgIpc) is 3.01. The molecule has 1 heterocycles. The van der Waals surface area contributed by atoms with E-state index in [4.69, 9.17) is 0 Å². The van der Waals surface area contributed by atoms with Gasteiger partial charge in [0.15, 0.2) is 0 Å². The van der Waals surface area contributed by atoms with Crippen LogP contribution < -0.4 is 10.6 Å². The number of amides is 2. The Bertz CT molecular complexity index is 677. The van der Waals surface area contributed by atoms with Gasteiger partial charge in [-0.05, 0) is 30.2 Å². The molecule has 4 N–H and O–H groups in total. The molecule has 1 atom stereocenters. The average molecular weight is 317 g/mol. The SMILES string of the molecule is CCC(CC)C(O)CNC(=O)C(=O)Nc1ccc2[nH]ccc2c1. The number of aliphatic hydroxyl groups is 1. The summed E-state index contributed by atoms with van der Waals surface area (Å²) in [7, 11) is 0. The fraction of sp³-hybridized carbons (Fsp3) is 0.412. The second-order valence-corrected chi connectivity index (χ2v) is 5.59. The van der Waals surface area contributed by atoms with Gasteiger partial charge >= 0.3 is 11.8 Å². The Morgan fingerprint density at radius 3 is 2.61 bits per heavy atom. The fourth-order valence-electron chi connectivity index (χ4n) is 2.60. The smallest absolute Gasteiger partial charge is 0.313 e. The highest BCUT2D eigenvalue weighted by Gasteiger charge is 2.19. The van der Waals surface area contributed by atoms with Crippen LogP contribution in [0.4, 0.5) is 5.69 Å². The van der Waals surface area contributed by atoms with Gasteiger partial charge in [-0.15, -0.1) is 0 Å². The molecule has 1 aromatic carbocycles. The molecule has 0 radical (unpaired) electrons. The molecule has 0 saturated heterocycles. The van der Waals surface area contributed by atoms with Crippen LogP contribution in [-0.2, 0) is 9.59 Å². The van der Waals surface area contributed by atoms with E-state index in [1.165, 1.54) is 0 Å². The number of anilines is 1. The number of benzene rings is 1. The largest absolute Gasteiger partial charge is 0.391 e. The lowest BCUT2D eigenvalue weighted by Gasteiger charge is -2.20. The molecule has 6 nitrogen and oxygen atoms in total. The zero-order valence-electron chi connectivity index (χ0n) is 13.4. The summed E-state index contributed by atoms with van der Waals surface area (Å²) in [6.45, 7) is 4.06. The van der Waals surface area contributed by atoms with Crippen molar-refractivity contribution in [3.63, 3.8) is 0 Å². The van der Waals surface area contributed by atoms with E-state index >= 15 is 0 Å². The summed E-state index contributed by atoms with van der Waals surface area (Å²) >= 11 is 0. The number of hydrogen-bond donors (Lipinski definition) is 4. The first-order valence-corrected chi connectivity index (χ1v) is 7.89. The van der Waals surface area contributed by atoms with Crippen LogP contribution in [0.25, 0.3) is 10.9 Å². The van der Waals surface area contributed by atoms with Crippen LogP contribution in [0, 0.1) is 5.92 Å². The van der Waals surface area contributed by atoms with Gasteiger partial charge < -0.3 is 20.7 Å². The molecule has 23 heavy (non-hydrogen) atoms. The molecule has 1 unspecified atom stereocenters. The van der Waals surface area contributed by atoms with E-state index in [1.807, 2.05) is 32.2 Å². The van der Waals surface area contributed by atoms with E-state index in [1.54, 1.807) is 12.1 Å². The van der Waals surface area contributed by atoms with E-state index in [2.05, 4.69) is 15.6 Å². The van der Waals surface area contributed by atoms with Crippen LogP contribution in [0.15, 0.2) is 30.5 Å². The van der Waals surface area contributed by atoms with Gasteiger partial charge in [-0.3, -0.25) is 9.59 Å². The number of aromatic nitrogens is 1. The van der Waals surface area contributed by atoms with Gasteiger partial charge in [0.05, 0.1) is 6.10 Å². The van der Waals surface area contributed by atoms with Gasteiger partial charge in [-0.2, -0.15) is 0 Å². The van der Waals surface area contributed by atoms with Gasteiger partial charge in [-0.25, -0.2) is 0 Å². The summed E-state index contributed by atoms with van der Waals surface area (Å²) in [6.07, 6.45) is 2.83. The van der Waals surface area contributed by atoms with E-state index < -0.39 is 17.9 Å². The highest BCUT2D eigenvalue weighted by atomic mass is 16.3. The number of aliphatic hydroxyl groups excluding tert-OH is 1. The Labute approximate surface area is 135 Å². The number of carbonyl (C=O) groups excluding carboxylic acids is 2. The van der Waals surface area contributed by atoms with Crippen molar-refractivity contribution in [2.24, 2.45) is 5.92 Å². The van der Waals surface area contributed by atoms with Crippen molar-refractivity contribution in [3.05, 3.63) is 30.5 Å². The third-order valence-corrected chi connectivity index (χ3v) is 4.08. The minimum absolute atomic E-state index is 0.0788. The van der Waals surface area contributed by atoms with Crippen molar-refractivity contribution in [1.82, 2.24) is 10.3 Å². The maximum absolute atomic E-state index is 11.9. The highest BCUT2D eigenvalue weighted by Crippen LogP contribution is 2.17. The van der Waals surface area contributed by atoms with Gasteiger partial charge in [0.2, 0.25) is 0 Å². The molecule has 0 saturated carbocycles. The summed E-state index contributed by atoms with van der Waals surface area (Å²) in [6, 6.07) is 7.23. The number of H-pyrrole nitrogens is 1. The minimum Gasteiger partial charge on any atom is -0.391 e. The number of hydrogen-bond acceptors (Lipinski definition) is 3. The summed E-state index contributed by atoms with van der Waals surface area (Å²) in [4.78, 5) is 26.8. The second kappa shape index (κ2) is 7.78. The van der Waals surface area contributed by atoms with Crippen LogP contribution >= 0.6 is 0 Å². The van der Waals surface area contributed by atoms with Crippen molar-refractivity contribution in [2.45, 2.75) is 32.8 Å².